The van der Waals surface area contributed by atoms with E-state index >= 15 is 0 Å². The van der Waals surface area contributed by atoms with Crippen molar-refractivity contribution in [1.82, 2.24) is 0 Å². The Morgan fingerprint density at radius 1 is 1.56 bits per heavy atom. The molecule has 0 aliphatic heterocycles. The second-order valence-electron chi connectivity index (χ2n) is 1.76. The highest BCUT2D eigenvalue weighted by molar-refractivity contribution is 5.55. The van der Waals surface area contributed by atoms with Gasteiger partial charge in [-0.25, -0.2) is 0 Å². The minimum atomic E-state index is 0.765. The molecule has 0 amide bonds. The smallest absolute Gasteiger partial charge is 0.106 e. The number of oxime groups is 1. The Kier molecular flexibility index (Phi) is 6.96. The maximum Gasteiger partial charge on any atom is 0.106 e. The van der Waals surface area contributed by atoms with Crippen molar-refractivity contribution in [3.63, 3.8) is 0 Å². The van der Waals surface area contributed by atoms with Crippen molar-refractivity contribution in [3.05, 3.63) is 0 Å². The van der Waals surface area contributed by atoms with Crippen LogP contribution < -0.4 is 5.73 Å². The first-order valence-electron chi connectivity index (χ1n) is 3.17. The van der Waals surface area contributed by atoms with Gasteiger partial charge in [-0.2, -0.15) is 0 Å². The fourth-order valence-electron chi connectivity index (χ4n) is 0.507. The highest BCUT2D eigenvalue weighted by Crippen LogP contribution is 1.89. The van der Waals surface area contributed by atoms with E-state index in [0.29, 0.717) is 0 Å². The average molecular weight is 130 g/mol. The van der Waals surface area contributed by atoms with Crippen LogP contribution in [0, 0.1) is 0 Å². The summed E-state index contributed by atoms with van der Waals surface area (Å²) in [5.74, 6) is 0. The van der Waals surface area contributed by atoms with Gasteiger partial charge < -0.3 is 10.6 Å². The van der Waals surface area contributed by atoms with Crippen molar-refractivity contribution < 1.29 is 4.84 Å². The van der Waals surface area contributed by atoms with Crippen LogP contribution in [0.4, 0.5) is 0 Å². The molecule has 0 aromatic carbocycles. The Morgan fingerprint density at radius 2 is 2.33 bits per heavy atom. The van der Waals surface area contributed by atoms with Gasteiger partial charge in [0, 0.05) is 6.21 Å². The third kappa shape index (κ3) is 7.43. The molecule has 54 valence electrons. The van der Waals surface area contributed by atoms with Crippen LogP contribution in [0.15, 0.2) is 5.16 Å². The predicted molar refractivity (Wildman–Crippen MR) is 38.4 cm³/mol. The standard InChI is InChI=1S/C6H14N2O/c1-9-8-6-4-2-3-5-7/h6H,2-5,7H2,1H3/b8-6+. The van der Waals surface area contributed by atoms with Crippen LogP contribution in [0.5, 0.6) is 0 Å². The molecule has 0 spiro atoms. The summed E-state index contributed by atoms with van der Waals surface area (Å²) < 4.78 is 0. The molecular weight excluding hydrogens is 116 g/mol. The third-order valence-corrected chi connectivity index (χ3v) is 0.967. The first kappa shape index (κ1) is 8.43. The van der Waals surface area contributed by atoms with Gasteiger partial charge in [-0.05, 0) is 25.8 Å². The maximum absolute atomic E-state index is 5.27. The van der Waals surface area contributed by atoms with Gasteiger partial charge in [0.05, 0.1) is 0 Å². The van der Waals surface area contributed by atoms with E-state index < -0.39 is 0 Å². The van der Waals surface area contributed by atoms with Crippen molar-refractivity contribution >= 4 is 6.21 Å². The molecule has 3 heteroatoms. The average Bonchev–Trinajstić information content (AvgIpc) is 1.89. The Morgan fingerprint density at radius 3 is 2.89 bits per heavy atom. The Balaban J connectivity index is 2.82. The first-order chi connectivity index (χ1) is 4.41. The molecule has 0 aromatic heterocycles. The maximum atomic E-state index is 5.27. The number of hydrogen-bond acceptors (Lipinski definition) is 3. The van der Waals surface area contributed by atoms with E-state index in [2.05, 4.69) is 9.99 Å². The van der Waals surface area contributed by atoms with Gasteiger partial charge in [0.25, 0.3) is 0 Å². The van der Waals surface area contributed by atoms with E-state index in [-0.39, 0.29) is 0 Å². The molecular formula is C6H14N2O. The minimum Gasteiger partial charge on any atom is -0.399 e. The number of hydrogen-bond donors (Lipinski definition) is 1. The molecule has 0 rings (SSSR count). The zero-order chi connectivity index (χ0) is 6.95. The Hall–Kier alpha value is -0.570. The van der Waals surface area contributed by atoms with Gasteiger partial charge in [0.15, 0.2) is 0 Å². The van der Waals surface area contributed by atoms with Crippen molar-refractivity contribution in [1.29, 1.82) is 0 Å². The van der Waals surface area contributed by atoms with E-state index in [1.807, 2.05) is 0 Å². The minimum absolute atomic E-state index is 0.765. The van der Waals surface area contributed by atoms with Gasteiger partial charge in [-0.3, -0.25) is 0 Å². The molecule has 0 atom stereocenters. The topological polar surface area (TPSA) is 47.6 Å². The largest absolute Gasteiger partial charge is 0.399 e. The van der Waals surface area contributed by atoms with Crippen LogP contribution in [0.25, 0.3) is 0 Å². The lowest BCUT2D eigenvalue weighted by Crippen LogP contribution is -1.97. The summed E-state index contributed by atoms with van der Waals surface area (Å²) in [6, 6.07) is 0. The van der Waals surface area contributed by atoms with Crippen LogP contribution in [0.2, 0.25) is 0 Å². The fourth-order valence-corrected chi connectivity index (χ4v) is 0.507. The molecule has 0 heterocycles. The lowest BCUT2D eigenvalue weighted by Gasteiger charge is -1.89. The van der Waals surface area contributed by atoms with E-state index in [0.717, 1.165) is 25.8 Å². The van der Waals surface area contributed by atoms with E-state index in [9.17, 15) is 0 Å². The summed E-state index contributed by atoms with van der Waals surface area (Å²) in [5, 5.41) is 3.58. The summed E-state index contributed by atoms with van der Waals surface area (Å²) in [6.45, 7) is 0.765. The Labute approximate surface area is 55.9 Å². The zero-order valence-electron chi connectivity index (χ0n) is 5.84. The molecule has 0 saturated carbocycles. The molecule has 0 aliphatic rings. The van der Waals surface area contributed by atoms with Crippen molar-refractivity contribution in [2.75, 3.05) is 13.7 Å². The summed E-state index contributed by atoms with van der Waals surface area (Å²) in [4.78, 5) is 4.46. The predicted octanol–water partition coefficient (Wildman–Crippen LogP) is 0.748. The lowest BCUT2D eigenvalue weighted by molar-refractivity contribution is 0.214. The molecule has 9 heavy (non-hydrogen) atoms. The molecule has 0 fully saturated rings. The SMILES string of the molecule is CO/N=C/CCCCN. The molecule has 0 saturated heterocycles. The molecule has 0 radical (unpaired) electrons. The fraction of sp³-hybridized carbons (Fsp3) is 0.833. The zero-order valence-corrected chi connectivity index (χ0v) is 5.84. The molecule has 0 unspecified atom stereocenters. The van der Waals surface area contributed by atoms with E-state index in [1.54, 1.807) is 13.3 Å². The second kappa shape index (κ2) is 7.43. The van der Waals surface area contributed by atoms with Crippen LogP contribution in [0.3, 0.4) is 0 Å². The van der Waals surface area contributed by atoms with Gasteiger partial charge in [0.1, 0.15) is 7.11 Å². The number of nitrogens with zero attached hydrogens (tertiary/aromatic N) is 1. The quantitative estimate of drug-likeness (QED) is 0.339. The molecule has 0 aromatic rings. The van der Waals surface area contributed by atoms with Crippen LogP contribution in [0.1, 0.15) is 19.3 Å². The number of nitrogens with two attached hydrogens (primary N) is 1. The van der Waals surface area contributed by atoms with Crippen molar-refractivity contribution in [2.24, 2.45) is 10.9 Å². The molecule has 0 aliphatic carbocycles. The monoisotopic (exact) mass is 130 g/mol. The summed E-state index contributed by atoms with van der Waals surface area (Å²) in [6.07, 6.45) is 4.89. The number of unbranched alkanes of at least 4 members (excludes halogenated alkanes) is 2. The normalized spacial score (nSPS) is 10.4. The Bertz CT molecular complexity index is 73.5. The highest BCUT2D eigenvalue weighted by atomic mass is 16.6. The van der Waals surface area contributed by atoms with Gasteiger partial charge in [-0.15, -0.1) is 0 Å². The molecule has 0 bridgehead atoms. The second-order valence-corrected chi connectivity index (χ2v) is 1.76. The van der Waals surface area contributed by atoms with E-state index in [1.165, 1.54) is 0 Å². The molecule has 2 N–H and O–H groups in total. The van der Waals surface area contributed by atoms with Crippen LogP contribution in [-0.4, -0.2) is 19.9 Å². The molecule has 3 nitrogen and oxygen atoms in total. The first-order valence-corrected chi connectivity index (χ1v) is 3.17. The third-order valence-electron chi connectivity index (χ3n) is 0.967. The van der Waals surface area contributed by atoms with Gasteiger partial charge in [-0.1, -0.05) is 5.16 Å². The number of rotatable bonds is 5. The van der Waals surface area contributed by atoms with Crippen LogP contribution in [-0.2, 0) is 4.84 Å². The summed E-state index contributed by atoms with van der Waals surface area (Å²) >= 11 is 0. The lowest BCUT2D eigenvalue weighted by atomic mass is 10.2. The van der Waals surface area contributed by atoms with Gasteiger partial charge >= 0.3 is 0 Å². The highest BCUT2D eigenvalue weighted by Gasteiger charge is 1.80. The van der Waals surface area contributed by atoms with Gasteiger partial charge in [0.2, 0.25) is 0 Å². The van der Waals surface area contributed by atoms with Crippen molar-refractivity contribution in [3.8, 4) is 0 Å². The summed E-state index contributed by atoms with van der Waals surface area (Å²) in [5.41, 5.74) is 5.27. The van der Waals surface area contributed by atoms with Crippen LogP contribution >= 0.6 is 0 Å². The van der Waals surface area contributed by atoms with E-state index in [4.69, 9.17) is 5.73 Å². The summed E-state index contributed by atoms with van der Waals surface area (Å²) in [7, 11) is 1.54. The van der Waals surface area contributed by atoms with Crippen molar-refractivity contribution in [2.45, 2.75) is 19.3 Å².